The SMILES string of the molecule is O=C(c1cccs1)[C@@H]1CCCN(Cc2nc(Cc3ccccc3F)no2)C1. The van der Waals surface area contributed by atoms with Crippen LogP contribution in [0, 0.1) is 11.7 Å². The van der Waals surface area contributed by atoms with Crippen molar-refractivity contribution in [3.63, 3.8) is 0 Å². The highest BCUT2D eigenvalue weighted by atomic mass is 32.1. The van der Waals surface area contributed by atoms with Gasteiger partial charge in [-0.3, -0.25) is 9.69 Å². The summed E-state index contributed by atoms with van der Waals surface area (Å²) in [6.45, 7) is 2.11. The van der Waals surface area contributed by atoms with Gasteiger partial charge in [0.25, 0.3) is 0 Å². The van der Waals surface area contributed by atoms with Gasteiger partial charge in [0.15, 0.2) is 11.6 Å². The molecule has 1 aliphatic heterocycles. The monoisotopic (exact) mass is 385 g/mol. The lowest BCUT2D eigenvalue weighted by atomic mass is 9.93. The number of rotatable bonds is 6. The van der Waals surface area contributed by atoms with Crippen LogP contribution < -0.4 is 0 Å². The minimum Gasteiger partial charge on any atom is -0.338 e. The average molecular weight is 385 g/mol. The predicted octanol–water partition coefficient (Wildman–Crippen LogP) is 3.96. The first-order valence-electron chi connectivity index (χ1n) is 9.04. The first-order chi connectivity index (χ1) is 13.2. The predicted molar refractivity (Wildman–Crippen MR) is 100 cm³/mol. The van der Waals surface area contributed by atoms with Crippen molar-refractivity contribution in [3.8, 4) is 0 Å². The summed E-state index contributed by atoms with van der Waals surface area (Å²) in [4.78, 5) is 20.0. The van der Waals surface area contributed by atoms with Gasteiger partial charge in [0, 0.05) is 18.9 Å². The Morgan fingerprint density at radius 1 is 1.30 bits per heavy atom. The first-order valence-corrected chi connectivity index (χ1v) is 9.92. The van der Waals surface area contributed by atoms with E-state index in [-0.39, 0.29) is 17.5 Å². The molecule has 1 atom stereocenters. The fourth-order valence-electron chi connectivity index (χ4n) is 3.46. The number of hydrogen-bond donors (Lipinski definition) is 0. The van der Waals surface area contributed by atoms with Gasteiger partial charge in [0.2, 0.25) is 5.89 Å². The Morgan fingerprint density at radius 2 is 2.19 bits per heavy atom. The van der Waals surface area contributed by atoms with E-state index in [0.717, 1.165) is 24.3 Å². The molecular weight excluding hydrogens is 365 g/mol. The van der Waals surface area contributed by atoms with E-state index >= 15 is 0 Å². The number of benzene rings is 1. The third-order valence-electron chi connectivity index (χ3n) is 4.82. The molecule has 3 heterocycles. The number of aromatic nitrogens is 2. The van der Waals surface area contributed by atoms with E-state index in [1.807, 2.05) is 17.5 Å². The van der Waals surface area contributed by atoms with Gasteiger partial charge in [-0.2, -0.15) is 4.98 Å². The molecule has 0 radical (unpaired) electrons. The molecule has 0 unspecified atom stereocenters. The van der Waals surface area contributed by atoms with E-state index in [0.29, 0.717) is 36.8 Å². The maximum atomic E-state index is 13.8. The maximum Gasteiger partial charge on any atom is 0.240 e. The summed E-state index contributed by atoms with van der Waals surface area (Å²) < 4.78 is 19.1. The van der Waals surface area contributed by atoms with E-state index in [1.165, 1.54) is 17.4 Å². The average Bonchev–Trinajstić information content (AvgIpc) is 3.36. The van der Waals surface area contributed by atoms with Gasteiger partial charge in [-0.05, 0) is 42.5 Å². The molecule has 2 aromatic heterocycles. The molecule has 1 aliphatic rings. The second-order valence-electron chi connectivity index (χ2n) is 6.79. The quantitative estimate of drug-likeness (QED) is 0.601. The second-order valence-corrected chi connectivity index (χ2v) is 7.74. The highest BCUT2D eigenvalue weighted by Gasteiger charge is 2.28. The number of Topliss-reactive ketones (excluding diaryl/α,β-unsaturated/α-hetero) is 1. The third kappa shape index (κ3) is 4.31. The molecule has 0 aliphatic carbocycles. The van der Waals surface area contributed by atoms with Gasteiger partial charge in [-0.25, -0.2) is 4.39 Å². The molecule has 0 amide bonds. The maximum absolute atomic E-state index is 13.8. The van der Waals surface area contributed by atoms with Gasteiger partial charge in [-0.1, -0.05) is 29.4 Å². The first kappa shape index (κ1) is 18.0. The van der Waals surface area contributed by atoms with Crippen LogP contribution in [0.25, 0.3) is 0 Å². The van der Waals surface area contributed by atoms with Gasteiger partial charge in [0.1, 0.15) is 5.82 Å². The second kappa shape index (κ2) is 8.10. The number of halogens is 1. The van der Waals surface area contributed by atoms with Crippen LogP contribution in [0.4, 0.5) is 4.39 Å². The molecule has 5 nitrogen and oxygen atoms in total. The van der Waals surface area contributed by atoms with Crippen LogP contribution in [-0.2, 0) is 13.0 Å². The number of likely N-dealkylation sites (tertiary alicyclic amines) is 1. The van der Waals surface area contributed by atoms with Crippen LogP contribution in [0.1, 0.15) is 39.8 Å². The summed E-state index contributed by atoms with van der Waals surface area (Å²) in [5, 5.41) is 5.90. The van der Waals surface area contributed by atoms with Gasteiger partial charge >= 0.3 is 0 Å². The Labute approximate surface area is 160 Å². The Kier molecular flexibility index (Phi) is 5.40. The molecule has 1 saturated heterocycles. The van der Waals surface area contributed by atoms with Crippen LogP contribution in [0.2, 0.25) is 0 Å². The van der Waals surface area contributed by atoms with Crippen molar-refractivity contribution in [2.24, 2.45) is 5.92 Å². The summed E-state index contributed by atoms with van der Waals surface area (Å²) in [6, 6.07) is 10.4. The number of carbonyl (C=O) groups excluding carboxylic acids is 1. The number of carbonyl (C=O) groups is 1. The van der Waals surface area contributed by atoms with Gasteiger partial charge < -0.3 is 4.52 Å². The van der Waals surface area contributed by atoms with E-state index in [1.54, 1.807) is 18.2 Å². The smallest absolute Gasteiger partial charge is 0.240 e. The van der Waals surface area contributed by atoms with Crippen molar-refractivity contribution in [2.75, 3.05) is 13.1 Å². The zero-order valence-corrected chi connectivity index (χ0v) is 15.6. The molecule has 0 N–H and O–H groups in total. The number of thiophene rings is 1. The van der Waals surface area contributed by atoms with Crippen molar-refractivity contribution in [1.82, 2.24) is 15.0 Å². The third-order valence-corrected chi connectivity index (χ3v) is 5.70. The largest absolute Gasteiger partial charge is 0.338 e. The van der Waals surface area contributed by atoms with Crippen LogP contribution in [-0.4, -0.2) is 33.9 Å². The van der Waals surface area contributed by atoms with E-state index < -0.39 is 0 Å². The Bertz CT molecular complexity index is 910. The summed E-state index contributed by atoms with van der Waals surface area (Å²) in [5.74, 6) is 0.942. The number of piperidine rings is 1. The van der Waals surface area contributed by atoms with E-state index in [9.17, 15) is 9.18 Å². The molecule has 3 aromatic rings. The molecular formula is C20H20FN3O2S. The molecule has 140 valence electrons. The Morgan fingerprint density at radius 3 is 3.00 bits per heavy atom. The Balaban J connectivity index is 1.37. The normalized spacial score (nSPS) is 17.9. The van der Waals surface area contributed by atoms with Crippen molar-refractivity contribution < 1.29 is 13.7 Å². The lowest BCUT2D eigenvalue weighted by molar-refractivity contribution is 0.0801. The zero-order chi connectivity index (χ0) is 18.6. The highest BCUT2D eigenvalue weighted by molar-refractivity contribution is 7.12. The lowest BCUT2D eigenvalue weighted by Crippen LogP contribution is -2.38. The molecule has 1 aromatic carbocycles. The van der Waals surface area contributed by atoms with Crippen LogP contribution >= 0.6 is 11.3 Å². The molecule has 1 fully saturated rings. The summed E-state index contributed by atoms with van der Waals surface area (Å²) >= 11 is 1.50. The van der Waals surface area contributed by atoms with Crippen molar-refractivity contribution in [3.05, 3.63) is 69.8 Å². The lowest BCUT2D eigenvalue weighted by Gasteiger charge is -2.30. The Hall–Kier alpha value is -2.38. The van der Waals surface area contributed by atoms with Crippen LogP contribution in [0.15, 0.2) is 46.3 Å². The standard InChI is InChI=1S/C20H20FN3O2S/c21-16-7-2-1-5-14(16)11-18-22-19(26-23-18)13-24-9-3-6-15(12-24)20(25)17-8-4-10-27-17/h1-2,4-5,7-8,10,15H,3,6,9,11-13H2/t15-/m1/s1. The molecule has 0 saturated carbocycles. The highest BCUT2D eigenvalue weighted by Crippen LogP contribution is 2.24. The molecule has 27 heavy (non-hydrogen) atoms. The molecule has 4 rings (SSSR count). The molecule has 0 bridgehead atoms. The minimum atomic E-state index is -0.269. The van der Waals surface area contributed by atoms with Gasteiger partial charge in [-0.15, -0.1) is 11.3 Å². The van der Waals surface area contributed by atoms with Crippen molar-refractivity contribution >= 4 is 17.1 Å². The van der Waals surface area contributed by atoms with Crippen molar-refractivity contribution in [2.45, 2.75) is 25.8 Å². The minimum absolute atomic E-state index is 0.0122. The summed E-state index contributed by atoms with van der Waals surface area (Å²) in [5.41, 5.74) is 0.546. The number of hydrogen-bond acceptors (Lipinski definition) is 6. The number of nitrogens with zero attached hydrogens (tertiary/aromatic N) is 3. The zero-order valence-electron chi connectivity index (χ0n) is 14.8. The molecule has 7 heteroatoms. The summed E-state index contributed by atoms with van der Waals surface area (Å²) in [6.07, 6.45) is 2.18. The van der Waals surface area contributed by atoms with Crippen LogP contribution in [0.3, 0.4) is 0 Å². The fourth-order valence-corrected chi connectivity index (χ4v) is 4.21. The number of ketones is 1. The van der Waals surface area contributed by atoms with E-state index in [4.69, 9.17) is 4.52 Å². The van der Waals surface area contributed by atoms with E-state index in [2.05, 4.69) is 15.0 Å². The van der Waals surface area contributed by atoms with Gasteiger partial charge in [0.05, 0.1) is 11.4 Å². The topological polar surface area (TPSA) is 59.2 Å². The van der Waals surface area contributed by atoms with Crippen molar-refractivity contribution in [1.29, 1.82) is 0 Å². The summed E-state index contributed by atoms with van der Waals surface area (Å²) in [7, 11) is 0. The molecule has 0 spiro atoms. The fraction of sp³-hybridized carbons (Fsp3) is 0.350. The van der Waals surface area contributed by atoms with Crippen LogP contribution in [0.5, 0.6) is 0 Å².